The fourth-order valence-corrected chi connectivity index (χ4v) is 2.55. The Balaban J connectivity index is 1.90. The van der Waals surface area contributed by atoms with Gasteiger partial charge in [0, 0.05) is 5.71 Å². The minimum Gasteiger partial charge on any atom is -0.495 e. The predicted octanol–water partition coefficient (Wildman–Crippen LogP) is 3.55. The summed E-state index contributed by atoms with van der Waals surface area (Å²) >= 11 is 5.26. The fourth-order valence-electron chi connectivity index (χ4n) is 2.39. The first kappa shape index (κ1) is 14.8. The monoisotopic (exact) mass is 291 g/mol. The largest absolute Gasteiger partial charge is 0.495 e. The third-order valence-corrected chi connectivity index (χ3v) is 3.61. The molecule has 1 aliphatic carbocycles. The summed E-state index contributed by atoms with van der Waals surface area (Å²) in [6.45, 7) is 2.26. The standard InChI is InChI=1S/C15H21N3OS/c1-11-6-5-7-12(10-11)17-18-15(20)16-13-8-3-4-9-14(13)19-2/h3-4,8-9,11H,5-7,10H2,1-2H3,(H2,16,18,20)/b17-12+/t11-/m1/s1. The van der Waals surface area contributed by atoms with Crippen molar-refractivity contribution in [1.29, 1.82) is 0 Å². The normalized spacial score (nSPS) is 20.5. The molecule has 0 aliphatic heterocycles. The van der Waals surface area contributed by atoms with Gasteiger partial charge in [-0.1, -0.05) is 19.1 Å². The highest BCUT2D eigenvalue weighted by Gasteiger charge is 2.14. The molecule has 0 bridgehead atoms. The van der Waals surface area contributed by atoms with Crippen LogP contribution in [-0.4, -0.2) is 17.9 Å². The van der Waals surface area contributed by atoms with Crippen LogP contribution in [0.4, 0.5) is 5.69 Å². The van der Waals surface area contributed by atoms with Crippen LogP contribution >= 0.6 is 12.2 Å². The Morgan fingerprint density at radius 3 is 2.95 bits per heavy atom. The van der Waals surface area contributed by atoms with E-state index in [1.807, 2.05) is 24.3 Å². The summed E-state index contributed by atoms with van der Waals surface area (Å²) in [5, 5.41) is 7.99. The molecule has 0 aromatic heterocycles. The Bertz CT molecular complexity index is 502. The second-order valence-electron chi connectivity index (χ2n) is 5.15. The molecule has 0 saturated heterocycles. The zero-order valence-electron chi connectivity index (χ0n) is 12.0. The predicted molar refractivity (Wildman–Crippen MR) is 87.4 cm³/mol. The van der Waals surface area contributed by atoms with E-state index in [1.54, 1.807) is 7.11 Å². The summed E-state index contributed by atoms with van der Waals surface area (Å²) in [5.74, 6) is 1.48. The van der Waals surface area contributed by atoms with Crippen molar-refractivity contribution in [2.45, 2.75) is 32.6 Å². The number of hydrogen-bond donors (Lipinski definition) is 2. The summed E-state index contributed by atoms with van der Waals surface area (Å²) < 4.78 is 5.27. The molecule has 2 N–H and O–H groups in total. The summed E-state index contributed by atoms with van der Waals surface area (Å²) in [4.78, 5) is 0. The van der Waals surface area contributed by atoms with Gasteiger partial charge in [-0.25, -0.2) is 0 Å². The van der Waals surface area contributed by atoms with Crippen molar-refractivity contribution in [2.75, 3.05) is 12.4 Å². The van der Waals surface area contributed by atoms with Crippen LogP contribution < -0.4 is 15.5 Å². The molecule has 0 radical (unpaired) electrons. The van der Waals surface area contributed by atoms with Crippen molar-refractivity contribution < 1.29 is 4.74 Å². The van der Waals surface area contributed by atoms with Gasteiger partial charge in [-0.3, -0.25) is 5.43 Å². The molecule has 0 amide bonds. The summed E-state index contributed by atoms with van der Waals surface area (Å²) in [6, 6.07) is 7.66. The number of nitrogens with one attached hydrogen (secondary N) is 2. The molecule has 0 heterocycles. The molecule has 0 spiro atoms. The van der Waals surface area contributed by atoms with E-state index in [0.717, 1.165) is 30.2 Å². The van der Waals surface area contributed by atoms with Gasteiger partial charge in [-0.05, 0) is 56.0 Å². The SMILES string of the molecule is COc1ccccc1NC(=S)N/N=C1\CCC[C@@H](C)C1. The second-order valence-corrected chi connectivity index (χ2v) is 5.55. The van der Waals surface area contributed by atoms with Crippen molar-refractivity contribution in [3.63, 3.8) is 0 Å². The first-order chi connectivity index (χ1) is 9.69. The van der Waals surface area contributed by atoms with E-state index >= 15 is 0 Å². The minimum absolute atomic E-state index is 0.486. The van der Waals surface area contributed by atoms with E-state index in [4.69, 9.17) is 17.0 Å². The maximum absolute atomic E-state index is 5.27. The molecule has 20 heavy (non-hydrogen) atoms. The number of methoxy groups -OCH3 is 1. The van der Waals surface area contributed by atoms with Crippen LogP contribution in [0, 0.1) is 5.92 Å². The van der Waals surface area contributed by atoms with Crippen molar-refractivity contribution >= 4 is 28.7 Å². The second kappa shape index (κ2) is 7.24. The van der Waals surface area contributed by atoms with Crippen molar-refractivity contribution in [3.8, 4) is 5.75 Å². The van der Waals surface area contributed by atoms with Crippen LogP contribution in [0.3, 0.4) is 0 Å². The molecule has 108 valence electrons. The number of anilines is 1. The molecular formula is C15H21N3OS. The molecule has 1 saturated carbocycles. The maximum atomic E-state index is 5.27. The molecule has 2 rings (SSSR count). The Morgan fingerprint density at radius 2 is 2.20 bits per heavy atom. The number of hydrazone groups is 1. The highest BCUT2D eigenvalue weighted by atomic mass is 32.1. The van der Waals surface area contributed by atoms with Gasteiger partial charge in [0.15, 0.2) is 5.11 Å². The first-order valence-corrected chi connectivity index (χ1v) is 7.35. The summed E-state index contributed by atoms with van der Waals surface area (Å²) in [6.07, 6.45) is 4.64. The van der Waals surface area contributed by atoms with Gasteiger partial charge in [0.1, 0.15) is 5.75 Å². The molecule has 1 atom stereocenters. The van der Waals surface area contributed by atoms with Crippen molar-refractivity contribution in [2.24, 2.45) is 11.0 Å². The molecule has 1 aliphatic rings. The van der Waals surface area contributed by atoms with E-state index in [9.17, 15) is 0 Å². The highest BCUT2D eigenvalue weighted by molar-refractivity contribution is 7.80. The minimum atomic E-state index is 0.486. The van der Waals surface area contributed by atoms with Crippen LogP contribution in [0.1, 0.15) is 32.6 Å². The smallest absolute Gasteiger partial charge is 0.191 e. The van der Waals surface area contributed by atoms with Gasteiger partial charge in [-0.15, -0.1) is 0 Å². The van der Waals surface area contributed by atoms with Crippen molar-refractivity contribution in [1.82, 2.24) is 5.43 Å². The number of benzene rings is 1. The molecule has 5 heteroatoms. The van der Waals surface area contributed by atoms with Gasteiger partial charge >= 0.3 is 0 Å². The molecule has 1 fully saturated rings. The number of nitrogens with zero attached hydrogens (tertiary/aromatic N) is 1. The Hall–Kier alpha value is -1.62. The fraction of sp³-hybridized carbons (Fsp3) is 0.467. The van der Waals surface area contributed by atoms with Gasteiger partial charge in [-0.2, -0.15) is 5.10 Å². The van der Waals surface area contributed by atoms with Crippen LogP contribution in [0.2, 0.25) is 0 Å². The van der Waals surface area contributed by atoms with E-state index in [0.29, 0.717) is 5.11 Å². The topological polar surface area (TPSA) is 45.6 Å². The van der Waals surface area contributed by atoms with E-state index in [2.05, 4.69) is 22.8 Å². The summed E-state index contributed by atoms with van der Waals surface area (Å²) in [7, 11) is 1.64. The highest BCUT2D eigenvalue weighted by Crippen LogP contribution is 2.23. The van der Waals surface area contributed by atoms with E-state index in [1.165, 1.54) is 18.6 Å². The van der Waals surface area contributed by atoms with Gasteiger partial charge in [0.05, 0.1) is 12.8 Å². The lowest BCUT2D eigenvalue weighted by Crippen LogP contribution is -2.26. The number of hydrogen-bond acceptors (Lipinski definition) is 3. The molecular weight excluding hydrogens is 270 g/mol. The average molecular weight is 291 g/mol. The average Bonchev–Trinajstić information content (AvgIpc) is 2.46. The Morgan fingerprint density at radius 1 is 1.40 bits per heavy atom. The lowest BCUT2D eigenvalue weighted by atomic mass is 9.89. The van der Waals surface area contributed by atoms with Crippen LogP contribution in [-0.2, 0) is 0 Å². The number of ether oxygens (including phenoxy) is 1. The third kappa shape index (κ3) is 4.20. The van der Waals surface area contributed by atoms with E-state index in [-0.39, 0.29) is 0 Å². The van der Waals surface area contributed by atoms with E-state index < -0.39 is 0 Å². The number of rotatable bonds is 3. The summed E-state index contributed by atoms with van der Waals surface area (Å²) in [5.41, 5.74) is 4.96. The zero-order chi connectivity index (χ0) is 14.4. The third-order valence-electron chi connectivity index (χ3n) is 3.42. The Kier molecular flexibility index (Phi) is 5.35. The molecule has 0 unspecified atom stereocenters. The van der Waals surface area contributed by atoms with Gasteiger partial charge < -0.3 is 10.1 Å². The maximum Gasteiger partial charge on any atom is 0.191 e. The molecule has 1 aromatic rings. The lowest BCUT2D eigenvalue weighted by molar-refractivity contribution is 0.417. The zero-order valence-corrected chi connectivity index (χ0v) is 12.8. The lowest BCUT2D eigenvalue weighted by Gasteiger charge is -2.19. The molecule has 4 nitrogen and oxygen atoms in total. The first-order valence-electron chi connectivity index (χ1n) is 6.94. The quantitative estimate of drug-likeness (QED) is 0.660. The van der Waals surface area contributed by atoms with Crippen molar-refractivity contribution in [3.05, 3.63) is 24.3 Å². The number of thiocarbonyl (C=S) groups is 1. The van der Waals surface area contributed by atoms with Crippen LogP contribution in [0.25, 0.3) is 0 Å². The van der Waals surface area contributed by atoms with Crippen LogP contribution in [0.15, 0.2) is 29.4 Å². The number of para-hydroxylation sites is 2. The Labute approximate surface area is 125 Å². The van der Waals surface area contributed by atoms with Crippen LogP contribution in [0.5, 0.6) is 5.75 Å². The molecule has 1 aromatic carbocycles. The van der Waals surface area contributed by atoms with Gasteiger partial charge in [0.25, 0.3) is 0 Å². The van der Waals surface area contributed by atoms with Gasteiger partial charge in [0.2, 0.25) is 0 Å².